The zero-order chi connectivity index (χ0) is 18.7. The number of nitrogens with one attached hydrogen (secondary N) is 2. The summed E-state index contributed by atoms with van der Waals surface area (Å²) in [5.41, 5.74) is 4.54. The lowest BCUT2D eigenvalue weighted by Crippen LogP contribution is -2.32. The zero-order valence-corrected chi connectivity index (χ0v) is 17.1. The average Bonchev–Trinajstić information content (AvgIpc) is 3.05. The number of amides is 1. The van der Waals surface area contributed by atoms with Gasteiger partial charge in [0.2, 0.25) is 5.91 Å². The van der Waals surface area contributed by atoms with Gasteiger partial charge in [-0.3, -0.25) is 9.69 Å². The molecule has 1 heterocycles. The molecule has 2 aromatic rings. The van der Waals surface area contributed by atoms with E-state index in [1.807, 2.05) is 24.3 Å². The highest BCUT2D eigenvalue weighted by molar-refractivity contribution is 9.10. The highest BCUT2D eigenvalue weighted by Gasteiger charge is 2.26. The van der Waals surface area contributed by atoms with Gasteiger partial charge >= 0.3 is 0 Å². The largest absolute Gasteiger partial charge is 0.376 e. The maximum Gasteiger partial charge on any atom is 0.243 e. The van der Waals surface area contributed by atoms with E-state index in [1.54, 1.807) is 0 Å². The molecule has 3 rings (SSSR count). The predicted molar refractivity (Wildman–Crippen MR) is 111 cm³/mol. The summed E-state index contributed by atoms with van der Waals surface area (Å²) in [6.07, 6.45) is 0. The Labute approximate surface area is 164 Å². The third-order valence-corrected chi connectivity index (χ3v) is 5.64. The van der Waals surface area contributed by atoms with E-state index in [2.05, 4.69) is 70.4 Å². The van der Waals surface area contributed by atoms with Crippen LogP contribution in [-0.4, -0.2) is 23.4 Å². The van der Waals surface area contributed by atoms with Crippen LogP contribution in [0.25, 0.3) is 0 Å². The van der Waals surface area contributed by atoms with Gasteiger partial charge in [-0.25, -0.2) is 0 Å². The van der Waals surface area contributed by atoms with Gasteiger partial charge < -0.3 is 10.6 Å². The number of anilines is 2. The van der Waals surface area contributed by atoms with Crippen molar-refractivity contribution in [1.82, 2.24) is 4.90 Å². The van der Waals surface area contributed by atoms with Crippen LogP contribution in [0.2, 0.25) is 0 Å². The summed E-state index contributed by atoms with van der Waals surface area (Å²) in [6.45, 7) is 8.99. The number of nitrogens with zero attached hydrogens (tertiary/aromatic N) is 1. The van der Waals surface area contributed by atoms with Crippen molar-refractivity contribution in [2.24, 2.45) is 5.92 Å². The van der Waals surface area contributed by atoms with Crippen LogP contribution in [0, 0.1) is 5.92 Å². The SMILES string of the molecule is CC(C)C(C)N1Cc2cccc(NCC(=O)Nc3ccc(Br)cc3)c2C1. The molecule has 0 spiro atoms. The first-order valence-corrected chi connectivity index (χ1v) is 9.87. The molecule has 2 N–H and O–H groups in total. The predicted octanol–water partition coefficient (Wildman–Crippen LogP) is 4.86. The van der Waals surface area contributed by atoms with Gasteiger partial charge in [0, 0.05) is 35.0 Å². The minimum Gasteiger partial charge on any atom is -0.376 e. The lowest BCUT2D eigenvalue weighted by atomic mass is 10.1. The van der Waals surface area contributed by atoms with Gasteiger partial charge in [0.05, 0.1) is 6.54 Å². The van der Waals surface area contributed by atoms with Gasteiger partial charge in [-0.15, -0.1) is 0 Å². The lowest BCUT2D eigenvalue weighted by Gasteiger charge is -2.27. The molecule has 0 aliphatic carbocycles. The lowest BCUT2D eigenvalue weighted by molar-refractivity contribution is -0.114. The first-order valence-electron chi connectivity index (χ1n) is 9.08. The van der Waals surface area contributed by atoms with Crippen LogP contribution in [0.4, 0.5) is 11.4 Å². The molecule has 0 saturated carbocycles. The number of carbonyl (C=O) groups is 1. The van der Waals surface area contributed by atoms with Gasteiger partial charge in [0.15, 0.2) is 0 Å². The summed E-state index contributed by atoms with van der Waals surface area (Å²) in [5.74, 6) is 0.577. The maximum absolute atomic E-state index is 12.2. The van der Waals surface area contributed by atoms with Gasteiger partial charge in [-0.1, -0.05) is 41.9 Å². The average molecular weight is 416 g/mol. The second kappa shape index (κ2) is 8.23. The topological polar surface area (TPSA) is 44.4 Å². The fourth-order valence-electron chi connectivity index (χ4n) is 3.24. The van der Waals surface area contributed by atoms with Crippen LogP contribution in [0.5, 0.6) is 0 Å². The van der Waals surface area contributed by atoms with Gasteiger partial charge in [0.25, 0.3) is 0 Å². The van der Waals surface area contributed by atoms with Crippen LogP contribution >= 0.6 is 15.9 Å². The summed E-state index contributed by atoms with van der Waals surface area (Å²) in [5, 5.41) is 6.23. The molecule has 0 aromatic heterocycles. The third-order valence-electron chi connectivity index (χ3n) is 5.12. The van der Waals surface area contributed by atoms with E-state index in [1.165, 1.54) is 11.1 Å². The van der Waals surface area contributed by atoms with Gasteiger partial charge in [-0.2, -0.15) is 0 Å². The Morgan fingerprint density at radius 2 is 1.85 bits per heavy atom. The number of fused-ring (bicyclic) bond motifs is 1. The molecular formula is C21H26BrN3O. The number of hydrogen-bond acceptors (Lipinski definition) is 3. The van der Waals surface area contributed by atoms with E-state index in [0.717, 1.165) is 28.9 Å². The highest BCUT2D eigenvalue weighted by atomic mass is 79.9. The Hall–Kier alpha value is -1.85. The Kier molecular flexibility index (Phi) is 5.99. The molecule has 0 saturated heterocycles. The molecule has 138 valence electrons. The smallest absolute Gasteiger partial charge is 0.243 e. The van der Waals surface area contributed by atoms with Crippen LogP contribution in [0.3, 0.4) is 0 Å². The number of carbonyl (C=O) groups excluding carboxylic acids is 1. The van der Waals surface area contributed by atoms with Crippen molar-refractivity contribution in [2.75, 3.05) is 17.2 Å². The number of hydrogen-bond donors (Lipinski definition) is 2. The Morgan fingerprint density at radius 1 is 1.12 bits per heavy atom. The van der Waals surface area contributed by atoms with Crippen LogP contribution in [-0.2, 0) is 17.9 Å². The first kappa shape index (κ1) is 18.9. The summed E-state index contributed by atoms with van der Waals surface area (Å²) >= 11 is 3.40. The summed E-state index contributed by atoms with van der Waals surface area (Å²) < 4.78 is 0.994. The molecule has 4 nitrogen and oxygen atoms in total. The van der Waals surface area contributed by atoms with Crippen molar-refractivity contribution in [3.05, 3.63) is 58.1 Å². The maximum atomic E-state index is 12.2. The minimum atomic E-state index is -0.0460. The third kappa shape index (κ3) is 4.46. The molecule has 1 atom stereocenters. The molecule has 1 aliphatic rings. The molecule has 5 heteroatoms. The number of rotatable bonds is 6. The Balaban J connectivity index is 1.61. The van der Waals surface area contributed by atoms with Crippen molar-refractivity contribution >= 4 is 33.2 Å². The fourth-order valence-corrected chi connectivity index (χ4v) is 3.50. The monoisotopic (exact) mass is 415 g/mol. The highest BCUT2D eigenvalue weighted by Crippen LogP contribution is 2.31. The normalized spacial score (nSPS) is 15.0. The van der Waals surface area contributed by atoms with Crippen LogP contribution in [0.15, 0.2) is 46.9 Å². The second-order valence-electron chi connectivity index (χ2n) is 7.24. The van der Waals surface area contributed by atoms with E-state index in [-0.39, 0.29) is 12.5 Å². The minimum absolute atomic E-state index is 0.0460. The second-order valence-corrected chi connectivity index (χ2v) is 8.16. The van der Waals surface area contributed by atoms with Gasteiger partial charge in [-0.05, 0) is 54.3 Å². The number of halogens is 1. The van der Waals surface area contributed by atoms with E-state index in [0.29, 0.717) is 12.0 Å². The fraction of sp³-hybridized carbons (Fsp3) is 0.381. The summed E-state index contributed by atoms with van der Waals surface area (Å²) in [6, 6.07) is 14.5. The van der Waals surface area contributed by atoms with E-state index in [9.17, 15) is 4.79 Å². The van der Waals surface area contributed by atoms with Crippen molar-refractivity contribution in [1.29, 1.82) is 0 Å². The summed E-state index contributed by atoms with van der Waals surface area (Å²) in [4.78, 5) is 14.7. The van der Waals surface area contributed by atoms with Gasteiger partial charge in [0.1, 0.15) is 0 Å². The van der Waals surface area contributed by atoms with E-state index >= 15 is 0 Å². The molecule has 0 radical (unpaired) electrons. The molecular weight excluding hydrogens is 390 g/mol. The van der Waals surface area contributed by atoms with Crippen LogP contribution in [0.1, 0.15) is 31.9 Å². The summed E-state index contributed by atoms with van der Waals surface area (Å²) in [7, 11) is 0. The van der Waals surface area contributed by atoms with Crippen molar-refractivity contribution in [3.8, 4) is 0 Å². The van der Waals surface area contributed by atoms with Crippen LogP contribution < -0.4 is 10.6 Å². The van der Waals surface area contributed by atoms with Crippen molar-refractivity contribution < 1.29 is 4.79 Å². The quantitative estimate of drug-likeness (QED) is 0.707. The molecule has 2 aromatic carbocycles. The zero-order valence-electron chi connectivity index (χ0n) is 15.6. The van der Waals surface area contributed by atoms with Crippen molar-refractivity contribution in [2.45, 2.75) is 39.9 Å². The standard InChI is InChI=1S/C21H26BrN3O/c1-14(2)15(3)25-12-16-5-4-6-20(19(16)13-25)23-11-21(26)24-18-9-7-17(22)8-10-18/h4-10,14-15,23H,11-13H2,1-3H3,(H,24,26). The Bertz CT molecular complexity index is 773. The number of benzene rings is 2. The van der Waals surface area contributed by atoms with E-state index in [4.69, 9.17) is 0 Å². The molecule has 1 unspecified atom stereocenters. The Morgan fingerprint density at radius 3 is 2.54 bits per heavy atom. The molecule has 0 fully saturated rings. The molecule has 0 bridgehead atoms. The molecule has 26 heavy (non-hydrogen) atoms. The molecule has 1 amide bonds. The van der Waals surface area contributed by atoms with E-state index < -0.39 is 0 Å². The molecule has 1 aliphatic heterocycles. The first-order chi connectivity index (χ1) is 12.4. The van der Waals surface area contributed by atoms with Crippen molar-refractivity contribution in [3.63, 3.8) is 0 Å².